The lowest BCUT2D eigenvalue weighted by molar-refractivity contribution is -0.169. The van der Waals surface area contributed by atoms with Crippen molar-refractivity contribution in [3.63, 3.8) is 0 Å². The van der Waals surface area contributed by atoms with E-state index in [2.05, 4.69) is 77.9 Å². The van der Waals surface area contributed by atoms with Gasteiger partial charge in [0.1, 0.15) is 13.2 Å². The second kappa shape index (κ2) is 16.5. The number of esters is 2. The molecular weight excluding hydrogens is 554 g/mol. The zero-order valence-corrected chi connectivity index (χ0v) is 30.4. The van der Waals surface area contributed by atoms with Gasteiger partial charge < -0.3 is 24.8 Å². The van der Waals surface area contributed by atoms with Crippen LogP contribution in [-0.4, -0.2) is 64.4 Å². The lowest BCUT2D eigenvalue weighted by Crippen LogP contribution is -2.50. The van der Waals surface area contributed by atoms with Crippen molar-refractivity contribution in [1.82, 2.24) is 15.6 Å². The van der Waals surface area contributed by atoms with Crippen LogP contribution >= 0.6 is 0 Å². The SMILES string of the molecule is CNCC(C)(C)CC(C)(C(=O)OCc1ccncc1)C(C)(C)CCCC(C)(C)CC(C)(C(=O)OCCOC)C(C)(C)CNC. The van der Waals surface area contributed by atoms with Gasteiger partial charge in [0.2, 0.25) is 0 Å². The fourth-order valence-electron chi connectivity index (χ4n) is 6.81. The average molecular weight is 620 g/mol. The highest BCUT2D eigenvalue weighted by Crippen LogP contribution is 2.52. The van der Waals surface area contributed by atoms with Gasteiger partial charge in [0.05, 0.1) is 17.4 Å². The molecule has 8 nitrogen and oxygen atoms in total. The van der Waals surface area contributed by atoms with Gasteiger partial charge in [-0.2, -0.15) is 0 Å². The van der Waals surface area contributed by atoms with Gasteiger partial charge >= 0.3 is 11.9 Å². The molecule has 0 saturated heterocycles. The molecule has 0 bridgehead atoms. The Hall–Kier alpha value is -2.03. The smallest absolute Gasteiger partial charge is 0.312 e. The Labute approximate surface area is 269 Å². The highest BCUT2D eigenvalue weighted by atomic mass is 16.6. The van der Waals surface area contributed by atoms with E-state index in [9.17, 15) is 9.59 Å². The highest BCUT2D eigenvalue weighted by Gasteiger charge is 2.52. The number of pyridine rings is 1. The molecule has 0 aromatic carbocycles. The molecule has 2 N–H and O–H groups in total. The second-order valence-electron chi connectivity index (χ2n) is 16.1. The second-order valence-corrected chi connectivity index (χ2v) is 16.1. The molecule has 0 saturated carbocycles. The predicted molar refractivity (Wildman–Crippen MR) is 179 cm³/mol. The van der Waals surface area contributed by atoms with E-state index < -0.39 is 10.8 Å². The molecule has 2 unspecified atom stereocenters. The van der Waals surface area contributed by atoms with E-state index in [1.54, 1.807) is 19.5 Å². The van der Waals surface area contributed by atoms with Crippen molar-refractivity contribution in [2.45, 2.75) is 108 Å². The summed E-state index contributed by atoms with van der Waals surface area (Å²) in [5, 5.41) is 6.58. The molecule has 0 amide bonds. The van der Waals surface area contributed by atoms with E-state index in [-0.39, 0.29) is 46.8 Å². The van der Waals surface area contributed by atoms with Gasteiger partial charge in [-0.25, -0.2) is 0 Å². The summed E-state index contributed by atoms with van der Waals surface area (Å²) >= 11 is 0. The van der Waals surface area contributed by atoms with Gasteiger partial charge in [0.25, 0.3) is 0 Å². The van der Waals surface area contributed by atoms with Gasteiger partial charge in [-0.1, -0.05) is 61.8 Å². The van der Waals surface area contributed by atoms with Crippen molar-refractivity contribution >= 4 is 11.9 Å². The minimum Gasteiger partial charge on any atom is -0.463 e. The normalized spacial score (nSPS) is 15.8. The van der Waals surface area contributed by atoms with Crippen molar-refractivity contribution in [3.8, 4) is 0 Å². The van der Waals surface area contributed by atoms with E-state index >= 15 is 0 Å². The topological polar surface area (TPSA) is 98.8 Å². The first kappa shape index (κ1) is 40.0. The molecule has 0 aliphatic carbocycles. The van der Waals surface area contributed by atoms with E-state index in [4.69, 9.17) is 14.2 Å². The highest BCUT2D eigenvalue weighted by molar-refractivity contribution is 5.78. The molecule has 0 spiro atoms. The summed E-state index contributed by atoms with van der Waals surface area (Å²) in [6.45, 7) is 24.0. The first-order valence-electron chi connectivity index (χ1n) is 16.2. The Morgan fingerprint density at radius 2 is 1.23 bits per heavy atom. The van der Waals surface area contributed by atoms with E-state index in [0.29, 0.717) is 26.0 Å². The molecule has 254 valence electrons. The number of hydrogen-bond donors (Lipinski definition) is 2. The Balaban J connectivity index is 3.18. The predicted octanol–water partition coefficient (Wildman–Crippen LogP) is 6.82. The van der Waals surface area contributed by atoms with Gasteiger partial charge in [0.15, 0.2) is 0 Å². The number of hydrogen-bond acceptors (Lipinski definition) is 8. The maximum Gasteiger partial charge on any atom is 0.312 e. The molecule has 1 heterocycles. The van der Waals surface area contributed by atoms with Crippen molar-refractivity contribution in [2.75, 3.05) is 47.5 Å². The maximum atomic E-state index is 13.9. The molecule has 44 heavy (non-hydrogen) atoms. The van der Waals surface area contributed by atoms with Crippen LogP contribution in [0, 0.1) is 32.5 Å². The van der Waals surface area contributed by atoms with E-state index in [1.807, 2.05) is 33.2 Å². The number of ether oxygens (including phenoxy) is 3. The van der Waals surface area contributed by atoms with Crippen LogP contribution in [0.1, 0.15) is 107 Å². The van der Waals surface area contributed by atoms with E-state index in [1.165, 1.54) is 0 Å². The van der Waals surface area contributed by atoms with Crippen molar-refractivity contribution in [3.05, 3.63) is 30.1 Å². The van der Waals surface area contributed by atoms with Crippen LogP contribution < -0.4 is 10.6 Å². The average Bonchev–Trinajstić information content (AvgIpc) is 2.91. The third-order valence-electron chi connectivity index (χ3n) is 10.1. The minimum atomic E-state index is -0.709. The summed E-state index contributed by atoms with van der Waals surface area (Å²) in [6, 6.07) is 3.75. The summed E-state index contributed by atoms with van der Waals surface area (Å²) in [6.07, 6.45) is 7.48. The molecular formula is C36H65N3O5. The van der Waals surface area contributed by atoms with Crippen LogP contribution in [0.25, 0.3) is 0 Å². The zero-order chi connectivity index (χ0) is 33.9. The van der Waals surface area contributed by atoms with Crippen molar-refractivity contribution in [1.29, 1.82) is 0 Å². The molecule has 0 aliphatic rings. The third-order valence-corrected chi connectivity index (χ3v) is 10.1. The monoisotopic (exact) mass is 619 g/mol. The fourth-order valence-corrected chi connectivity index (χ4v) is 6.81. The molecule has 0 aliphatic heterocycles. The summed E-state index contributed by atoms with van der Waals surface area (Å²) < 4.78 is 16.8. The molecule has 1 aromatic rings. The minimum absolute atomic E-state index is 0.111. The Morgan fingerprint density at radius 3 is 1.77 bits per heavy atom. The quantitative estimate of drug-likeness (QED) is 0.114. The number of rotatable bonds is 21. The Morgan fingerprint density at radius 1 is 0.705 bits per heavy atom. The fraction of sp³-hybridized carbons (Fsp3) is 0.806. The van der Waals surface area contributed by atoms with Gasteiger partial charge in [0, 0.05) is 26.0 Å². The Kier molecular flexibility index (Phi) is 15.0. The van der Waals surface area contributed by atoms with Crippen LogP contribution in [-0.2, 0) is 30.4 Å². The first-order valence-corrected chi connectivity index (χ1v) is 16.2. The van der Waals surface area contributed by atoms with Gasteiger partial charge in [-0.05, 0) is 99.5 Å². The number of aromatic nitrogens is 1. The Bertz CT molecular complexity index is 1020. The molecule has 1 rings (SSSR count). The van der Waals surface area contributed by atoms with E-state index in [0.717, 1.165) is 31.4 Å². The third kappa shape index (κ3) is 11.1. The van der Waals surface area contributed by atoms with Crippen LogP contribution in [0.15, 0.2) is 24.5 Å². The lowest BCUT2D eigenvalue weighted by Gasteiger charge is -2.48. The van der Waals surface area contributed by atoms with Crippen molar-refractivity contribution in [2.24, 2.45) is 32.5 Å². The summed E-state index contributed by atoms with van der Waals surface area (Å²) in [5.41, 5.74) is -1.41. The molecule has 1 aromatic heterocycles. The number of carbonyl (C=O) groups is 2. The molecule has 2 atom stereocenters. The van der Waals surface area contributed by atoms with Crippen LogP contribution in [0.4, 0.5) is 0 Å². The molecule has 0 fully saturated rings. The number of methoxy groups -OCH3 is 1. The lowest BCUT2D eigenvalue weighted by atomic mass is 9.57. The summed E-state index contributed by atoms with van der Waals surface area (Å²) in [4.78, 5) is 31.6. The summed E-state index contributed by atoms with van der Waals surface area (Å²) in [5.74, 6) is -0.345. The molecule has 8 heteroatoms. The van der Waals surface area contributed by atoms with Gasteiger partial charge in [-0.15, -0.1) is 0 Å². The van der Waals surface area contributed by atoms with Crippen LogP contribution in [0.3, 0.4) is 0 Å². The first-order chi connectivity index (χ1) is 20.2. The molecule has 0 radical (unpaired) electrons. The largest absolute Gasteiger partial charge is 0.463 e. The van der Waals surface area contributed by atoms with Gasteiger partial charge in [-0.3, -0.25) is 14.6 Å². The zero-order valence-electron chi connectivity index (χ0n) is 30.4. The van der Waals surface area contributed by atoms with Crippen LogP contribution in [0.2, 0.25) is 0 Å². The summed E-state index contributed by atoms with van der Waals surface area (Å²) in [7, 11) is 5.48. The number of nitrogens with zero attached hydrogens (tertiary/aromatic N) is 1. The van der Waals surface area contributed by atoms with Crippen molar-refractivity contribution < 1.29 is 23.8 Å². The van der Waals surface area contributed by atoms with Crippen LogP contribution in [0.5, 0.6) is 0 Å². The maximum absolute atomic E-state index is 13.9. The standard InChI is InChI=1S/C36H65N3O5/c1-31(2,24-36(10,34(7,8)27-38-12)29(40)43-22-21-42-13)17-14-18-33(5,6)35(9,25-32(3,4)26-37-11)30(41)44-23-28-15-19-39-20-16-28/h15-16,19-20,37-38H,14,17-18,21-27H2,1-13H3. The number of carbonyl (C=O) groups excluding carboxylic acids is 2. The number of nitrogens with one attached hydrogen (secondary N) is 2.